The predicted molar refractivity (Wildman–Crippen MR) is 110 cm³/mol. The van der Waals surface area contributed by atoms with Crippen LogP contribution in [-0.4, -0.2) is 43.5 Å². The van der Waals surface area contributed by atoms with Crippen LogP contribution in [0.25, 0.3) is 0 Å². The van der Waals surface area contributed by atoms with E-state index < -0.39 is 0 Å². The molecular formula is C23H28N2O3. The van der Waals surface area contributed by atoms with Gasteiger partial charge in [0.1, 0.15) is 5.75 Å². The highest BCUT2D eigenvalue weighted by molar-refractivity contribution is 5.95. The van der Waals surface area contributed by atoms with E-state index in [1.54, 1.807) is 36.3 Å². The molecule has 0 saturated carbocycles. The molecule has 148 valence electrons. The number of benzene rings is 2. The van der Waals surface area contributed by atoms with Crippen LogP contribution in [0.1, 0.15) is 40.7 Å². The van der Waals surface area contributed by atoms with Gasteiger partial charge in [-0.25, -0.2) is 0 Å². The first kappa shape index (κ1) is 19.9. The molecule has 3 rings (SSSR count). The number of nitrogens with zero attached hydrogens (tertiary/aromatic N) is 1. The monoisotopic (exact) mass is 380 g/mol. The molecule has 1 aliphatic heterocycles. The second-order valence-electron chi connectivity index (χ2n) is 7.30. The molecule has 1 aliphatic rings. The Morgan fingerprint density at radius 3 is 2.46 bits per heavy atom. The van der Waals surface area contributed by atoms with Gasteiger partial charge in [0.15, 0.2) is 0 Å². The van der Waals surface area contributed by atoms with Crippen molar-refractivity contribution in [2.45, 2.75) is 26.2 Å². The zero-order valence-corrected chi connectivity index (χ0v) is 16.8. The molecular weight excluding hydrogens is 352 g/mol. The van der Waals surface area contributed by atoms with Crippen LogP contribution in [0.4, 0.5) is 0 Å². The van der Waals surface area contributed by atoms with Crippen LogP contribution in [0.15, 0.2) is 48.5 Å². The summed E-state index contributed by atoms with van der Waals surface area (Å²) in [6.45, 7) is 5.72. The minimum absolute atomic E-state index is 0.000236. The molecule has 1 saturated heterocycles. The lowest BCUT2D eigenvalue weighted by Gasteiger charge is -2.19. The van der Waals surface area contributed by atoms with E-state index in [9.17, 15) is 9.59 Å². The molecule has 2 amide bonds. The Balaban J connectivity index is 1.85. The summed E-state index contributed by atoms with van der Waals surface area (Å²) in [7, 11) is 1.60. The van der Waals surface area contributed by atoms with Crippen LogP contribution in [0.3, 0.4) is 0 Å². The number of aryl methyl sites for hydroxylation is 1. The van der Waals surface area contributed by atoms with Gasteiger partial charge < -0.3 is 15.0 Å². The first-order chi connectivity index (χ1) is 13.5. The molecule has 2 aromatic carbocycles. The number of hydrogen-bond donors (Lipinski definition) is 1. The quantitative estimate of drug-likeness (QED) is 0.836. The fourth-order valence-electron chi connectivity index (χ4n) is 3.85. The van der Waals surface area contributed by atoms with Crippen LogP contribution in [0.5, 0.6) is 5.75 Å². The summed E-state index contributed by atoms with van der Waals surface area (Å²) in [5.41, 5.74) is 2.91. The third kappa shape index (κ3) is 4.19. The van der Waals surface area contributed by atoms with Crippen LogP contribution in [-0.2, 0) is 4.79 Å². The molecule has 0 aliphatic carbocycles. The summed E-state index contributed by atoms with van der Waals surface area (Å²) in [5.74, 6) is 0.454. The number of hydrogen-bond acceptors (Lipinski definition) is 3. The molecule has 0 bridgehead atoms. The molecule has 2 unspecified atom stereocenters. The molecule has 2 aromatic rings. The molecule has 2 atom stereocenters. The minimum atomic E-state index is -0.241. The van der Waals surface area contributed by atoms with Crippen LogP contribution in [0, 0.1) is 12.8 Å². The van der Waals surface area contributed by atoms with Crippen molar-refractivity contribution >= 4 is 11.8 Å². The van der Waals surface area contributed by atoms with Crippen molar-refractivity contribution in [2.75, 3.05) is 26.7 Å². The average molecular weight is 380 g/mol. The number of nitrogens with one attached hydrogen (secondary N) is 1. The summed E-state index contributed by atoms with van der Waals surface area (Å²) in [6, 6.07) is 15.2. The number of ether oxygens (including phenoxy) is 1. The summed E-state index contributed by atoms with van der Waals surface area (Å²) < 4.78 is 5.17. The number of rotatable bonds is 6. The van der Waals surface area contributed by atoms with Crippen molar-refractivity contribution in [3.8, 4) is 5.75 Å². The summed E-state index contributed by atoms with van der Waals surface area (Å²) in [4.78, 5) is 27.7. The second-order valence-corrected chi connectivity index (χ2v) is 7.30. The number of likely N-dealkylation sites (tertiary alicyclic amines) is 1. The first-order valence-electron chi connectivity index (χ1n) is 9.81. The molecule has 0 spiro atoms. The van der Waals surface area contributed by atoms with Gasteiger partial charge in [-0.05, 0) is 48.7 Å². The van der Waals surface area contributed by atoms with E-state index >= 15 is 0 Å². The number of carbonyl (C=O) groups excluding carboxylic acids is 2. The fraction of sp³-hybridized carbons (Fsp3) is 0.391. The van der Waals surface area contributed by atoms with Gasteiger partial charge in [0.2, 0.25) is 5.91 Å². The molecule has 28 heavy (non-hydrogen) atoms. The normalized spacial score (nSPS) is 18.8. The van der Waals surface area contributed by atoms with Gasteiger partial charge in [0.25, 0.3) is 5.91 Å². The molecule has 0 aromatic heterocycles. The Kier molecular flexibility index (Phi) is 6.34. The van der Waals surface area contributed by atoms with Crippen molar-refractivity contribution < 1.29 is 14.3 Å². The maximum absolute atomic E-state index is 13.0. The van der Waals surface area contributed by atoms with Gasteiger partial charge in [-0.1, -0.05) is 31.2 Å². The van der Waals surface area contributed by atoms with E-state index in [4.69, 9.17) is 4.74 Å². The highest BCUT2D eigenvalue weighted by Gasteiger charge is 2.40. The van der Waals surface area contributed by atoms with Crippen LogP contribution in [0.2, 0.25) is 0 Å². The van der Waals surface area contributed by atoms with E-state index in [0.29, 0.717) is 30.9 Å². The average Bonchev–Trinajstić information content (AvgIpc) is 3.17. The molecule has 5 heteroatoms. The van der Waals surface area contributed by atoms with Crippen molar-refractivity contribution in [3.63, 3.8) is 0 Å². The lowest BCUT2D eigenvalue weighted by molar-refractivity contribution is -0.124. The Morgan fingerprint density at radius 1 is 1.11 bits per heavy atom. The van der Waals surface area contributed by atoms with Crippen molar-refractivity contribution in [1.29, 1.82) is 0 Å². The Hall–Kier alpha value is -2.82. The van der Waals surface area contributed by atoms with Crippen LogP contribution >= 0.6 is 0 Å². The van der Waals surface area contributed by atoms with E-state index in [1.165, 1.54) is 0 Å². The fourth-order valence-corrected chi connectivity index (χ4v) is 3.85. The Bertz CT molecular complexity index is 832. The van der Waals surface area contributed by atoms with Crippen molar-refractivity contribution in [2.24, 2.45) is 5.92 Å². The zero-order valence-electron chi connectivity index (χ0n) is 16.8. The Morgan fingerprint density at radius 2 is 1.82 bits per heavy atom. The topological polar surface area (TPSA) is 58.6 Å². The van der Waals surface area contributed by atoms with Crippen LogP contribution < -0.4 is 10.1 Å². The van der Waals surface area contributed by atoms with Crippen molar-refractivity contribution in [1.82, 2.24) is 10.2 Å². The second kappa shape index (κ2) is 8.91. The minimum Gasteiger partial charge on any atom is -0.497 e. The molecule has 1 N–H and O–H groups in total. The van der Waals surface area contributed by atoms with E-state index in [0.717, 1.165) is 17.5 Å². The highest BCUT2D eigenvalue weighted by Crippen LogP contribution is 2.35. The number of amides is 2. The highest BCUT2D eigenvalue weighted by atomic mass is 16.5. The smallest absolute Gasteiger partial charge is 0.253 e. The molecule has 1 fully saturated rings. The van der Waals surface area contributed by atoms with Gasteiger partial charge >= 0.3 is 0 Å². The van der Waals surface area contributed by atoms with Gasteiger partial charge in [-0.15, -0.1) is 0 Å². The third-order valence-corrected chi connectivity index (χ3v) is 5.42. The summed E-state index contributed by atoms with van der Waals surface area (Å²) in [5, 5.41) is 3.01. The number of carbonyl (C=O) groups is 2. The first-order valence-corrected chi connectivity index (χ1v) is 9.81. The molecule has 0 radical (unpaired) electrons. The SMILES string of the molecule is CCCNC(=O)C1CN(C(=O)c2ccc(OC)cc2)CC1c1ccccc1C. The zero-order chi connectivity index (χ0) is 20.1. The van der Waals surface area contributed by atoms with Crippen molar-refractivity contribution in [3.05, 3.63) is 65.2 Å². The van der Waals surface area contributed by atoms with E-state index in [-0.39, 0.29) is 23.7 Å². The maximum atomic E-state index is 13.0. The van der Waals surface area contributed by atoms with E-state index in [2.05, 4.69) is 24.4 Å². The van der Waals surface area contributed by atoms with Gasteiger partial charge in [-0.2, -0.15) is 0 Å². The summed E-state index contributed by atoms with van der Waals surface area (Å²) >= 11 is 0. The van der Waals surface area contributed by atoms with Gasteiger partial charge in [0.05, 0.1) is 13.0 Å². The van der Waals surface area contributed by atoms with Gasteiger partial charge in [-0.3, -0.25) is 9.59 Å². The number of methoxy groups -OCH3 is 1. The lowest BCUT2D eigenvalue weighted by atomic mass is 9.86. The third-order valence-electron chi connectivity index (χ3n) is 5.42. The summed E-state index contributed by atoms with van der Waals surface area (Å²) in [6.07, 6.45) is 0.891. The van der Waals surface area contributed by atoms with E-state index in [1.807, 2.05) is 19.1 Å². The molecule has 5 nitrogen and oxygen atoms in total. The lowest BCUT2D eigenvalue weighted by Crippen LogP contribution is -2.36. The van der Waals surface area contributed by atoms with Gasteiger partial charge in [0, 0.05) is 31.1 Å². The predicted octanol–water partition coefficient (Wildman–Crippen LogP) is 3.39. The largest absolute Gasteiger partial charge is 0.497 e. The standard InChI is InChI=1S/C23H28N2O3/c1-4-13-24-22(26)21-15-25(14-20(21)19-8-6-5-7-16(19)2)23(27)17-9-11-18(28-3)12-10-17/h5-12,20-21H,4,13-15H2,1-3H3,(H,24,26). The Labute approximate surface area is 166 Å². The maximum Gasteiger partial charge on any atom is 0.253 e. The molecule has 1 heterocycles.